The summed E-state index contributed by atoms with van der Waals surface area (Å²) in [6.45, 7) is 1.41. The summed E-state index contributed by atoms with van der Waals surface area (Å²) in [5.74, 6) is 0.784. The molecule has 0 amide bonds. The molecule has 21 heavy (non-hydrogen) atoms. The summed E-state index contributed by atoms with van der Waals surface area (Å²) in [5, 5.41) is 0.762. The monoisotopic (exact) mass is 303 g/mol. The van der Waals surface area contributed by atoms with Gasteiger partial charge in [0.15, 0.2) is 0 Å². The standard InChI is InChI=1S/C17H18ClNO2/c1-19(10-14-5-3-4-6-16(14)18)11-15-9-13(12-20)7-8-17(15)21-2/h3-9,12H,10-11H2,1-2H3. The highest BCUT2D eigenvalue weighted by Gasteiger charge is 2.09. The lowest BCUT2D eigenvalue weighted by Crippen LogP contribution is -2.18. The van der Waals surface area contributed by atoms with Crippen LogP contribution in [-0.2, 0) is 13.1 Å². The highest BCUT2D eigenvalue weighted by atomic mass is 35.5. The fraction of sp³-hybridized carbons (Fsp3) is 0.235. The van der Waals surface area contributed by atoms with Crippen molar-refractivity contribution in [3.63, 3.8) is 0 Å². The summed E-state index contributed by atoms with van der Waals surface area (Å²) in [6, 6.07) is 13.2. The summed E-state index contributed by atoms with van der Waals surface area (Å²) in [6.07, 6.45) is 0.844. The zero-order chi connectivity index (χ0) is 15.2. The molecule has 110 valence electrons. The van der Waals surface area contributed by atoms with Crippen molar-refractivity contribution >= 4 is 17.9 Å². The van der Waals surface area contributed by atoms with Gasteiger partial charge in [-0.25, -0.2) is 0 Å². The fourth-order valence-electron chi connectivity index (χ4n) is 2.26. The predicted molar refractivity (Wildman–Crippen MR) is 85.0 cm³/mol. The molecule has 4 heteroatoms. The van der Waals surface area contributed by atoms with Crippen molar-refractivity contribution < 1.29 is 9.53 Å². The van der Waals surface area contributed by atoms with Crippen LogP contribution >= 0.6 is 11.6 Å². The fourth-order valence-corrected chi connectivity index (χ4v) is 2.45. The molecule has 0 saturated carbocycles. The van der Waals surface area contributed by atoms with E-state index in [4.69, 9.17) is 16.3 Å². The Labute approximate surface area is 130 Å². The van der Waals surface area contributed by atoms with E-state index in [1.54, 1.807) is 13.2 Å². The van der Waals surface area contributed by atoms with E-state index in [1.807, 2.05) is 43.4 Å². The van der Waals surface area contributed by atoms with Crippen LogP contribution in [0.4, 0.5) is 0 Å². The van der Waals surface area contributed by atoms with Crippen molar-refractivity contribution in [3.05, 3.63) is 64.2 Å². The molecule has 3 nitrogen and oxygen atoms in total. The van der Waals surface area contributed by atoms with Crippen molar-refractivity contribution in [2.75, 3.05) is 14.2 Å². The minimum absolute atomic E-state index is 0.650. The van der Waals surface area contributed by atoms with E-state index in [0.717, 1.165) is 34.7 Å². The molecule has 0 aliphatic carbocycles. The molecular weight excluding hydrogens is 286 g/mol. The summed E-state index contributed by atoms with van der Waals surface area (Å²) in [5.41, 5.74) is 2.71. The third-order valence-corrected chi connectivity index (χ3v) is 3.65. The Morgan fingerprint density at radius 3 is 2.52 bits per heavy atom. The first kappa shape index (κ1) is 15.5. The Morgan fingerprint density at radius 1 is 1.14 bits per heavy atom. The van der Waals surface area contributed by atoms with E-state index in [9.17, 15) is 4.79 Å². The SMILES string of the molecule is COc1ccc(C=O)cc1CN(C)Cc1ccccc1Cl. The molecule has 2 aromatic rings. The van der Waals surface area contributed by atoms with E-state index < -0.39 is 0 Å². The van der Waals surface area contributed by atoms with Crippen LogP contribution in [-0.4, -0.2) is 25.3 Å². The first-order valence-corrected chi connectivity index (χ1v) is 7.06. The van der Waals surface area contributed by atoms with Gasteiger partial charge in [0, 0.05) is 29.2 Å². The number of hydrogen-bond acceptors (Lipinski definition) is 3. The Morgan fingerprint density at radius 2 is 1.86 bits per heavy atom. The first-order valence-electron chi connectivity index (χ1n) is 6.68. The molecule has 0 atom stereocenters. The molecule has 2 aromatic carbocycles. The lowest BCUT2D eigenvalue weighted by molar-refractivity contribution is 0.112. The van der Waals surface area contributed by atoms with Crippen LogP contribution in [0.25, 0.3) is 0 Å². The van der Waals surface area contributed by atoms with Crippen molar-refractivity contribution in [1.82, 2.24) is 4.90 Å². The molecule has 0 N–H and O–H groups in total. The molecule has 0 aromatic heterocycles. The van der Waals surface area contributed by atoms with Gasteiger partial charge in [-0.15, -0.1) is 0 Å². The van der Waals surface area contributed by atoms with Crippen LogP contribution in [0.3, 0.4) is 0 Å². The lowest BCUT2D eigenvalue weighted by Gasteiger charge is -2.19. The number of benzene rings is 2. The van der Waals surface area contributed by atoms with Crippen LogP contribution in [0.5, 0.6) is 5.75 Å². The third kappa shape index (κ3) is 4.06. The number of aldehydes is 1. The van der Waals surface area contributed by atoms with E-state index in [0.29, 0.717) is 12.1 Å². The van der Waals surface area contributed by atoms with Crippen LogP contribution in [0.1, 0.15) is 21.5 Å². The van der Waals surface area contributed by atoms with Gasteiger partial charge in [-0.2, -0.15) is 0 Å². The van der Waals surface area contributed by atoms with Gasteiger partial charge in [0.2, 0.25) is 0 Å². The molecule has 0 heterocycles. The number of ether oxygens (including phenoxy) is 1. The van der Waals surface area contributed by atoms with Gasteiger partial charge in [0.05, 0.1) is 7.11 Å². The van der Waals surface area contributed by atoms with Gasteiger partial charge in [0.1, 0.15) is 12.0 Å². The van der Waals surface area contributed by atoms with E-state index in [-0.39, 0.29) is 0 Å². The number of carbonyl (C=O) groups excluding carboxylic acids is 1. The number of carbonyl (C=O) groups is 1. The average molecular weight is 304 g/mol. The average Bonchev–Trinajstić information content (AvgIpc) is 2.49. The van der Waals surface area contributed by atoms with E-state index >= 15 is 0 Å². The molecule has 0 unspecified atom stereocenters. The minimum Gasteiger partial charge on any atom is -0.496 e. The minimum atomic E-state index is 0.650. The maximum absolute atomic E-state index is 10.9. The summed E-state index contributed by atoms with van der Waals surface area (Å²) in [7, 11) is 3.64. The second-order valence-electron chi connectivity index (χ2n) is 4.95. The Bertz CT molecular complexity index is 628. The topological polar surface area (TPSA) is 29.5 Å². The summed E-state index contributed by atoms with van der Waals surface area (Å²) < 4.78 is 5.35. The predicted octanol–water partition coefficient (Wildman–Crippen LogP) is 3.79. The zero-order valence-corrected chi connectivity index (χ0v) is 12.9. The molecular formula is C17H18ClNO2. The molecule has 0 aliphatic heterocycles. The molecule has 0 bridgehead atoms. The lowest BCUT2D eigenvalue weighted by atomic mass is 10.1. The second-order valence-corrected chi connectivity index (χ2v) is 5.36. The van der Waals surface area contributed by atoms with Crippen molar-refractivity contribution in [3.8, 4) is 5.75 Å². The van der Waals surface area contributed by atoms with Crippen molar-refractivity contribution in [2.45, 2.75) is 13.1 Å². The van der Waals surface area contributed by atoms with Gasteiger partial charge in [0.25, 0.3) is 0 Å². The van der Waals surface area contributed by atoms with E-state index in [2.05, 4.69) is 4.90 Å². The number of methoxy groups -OCH3 is 1. The number of nitrogens with zero attached hydrogens (tertiary/aromatic N) is 1. The molecule has 0 radical (unpaired) electrons. The third-order valence-electron chi connectivity index (χ3n) is 3.28. The molecule has 0 fully saturated rings. The highest BCUT2D eigenvalue weighted by Crippen LogP contribution is 2.22. The van der Waals surface area contributed by atoms with E-state index in [1.165, 1.54) is 0 Å². The molecule has 0 saturated heterocycles. The van der Waals surface area contributed by atoms with Crippen LogP contribution < -0.4 is 4.74 Å². The number of halogens is 1. The Kier molecular flexibility index (Phi) is 5.37. The maximum atomic E-state index is 10.9. The quantitative estimate of drug-likeness (QED) is 0.760. The highest BCUT2D eigenvalue weighted by molar-refractivity contribution is 6.31. The second kappa shape index (κ2) is 7.25. The number of rotatable bonds is 6. The van der Waals surface area contributed by atoms with Crippen LogP contribution in [0.15, 0.2) is 42.5 Å². The van der Waals surface area contributed by atoms with Gasteiger partial charge in [-0.05, 0) is 36.9 Å². The smallest absolute Gasteiger partial charge is 0.150 e. The van der Waals surface area contributed by atoms with Crippen LogP contribution in [0.2, 0.25) is 5.02 Å². The maximum Gasteiger partial charge on any atom is 0.150 e. The van der Waals surface area contributed by atoms with Gasteiger partial charge >= 0.3 is 0 Å². The molecule has 0 spiro atoms. The normalized spacial score (nSPS) is 10.7. The Balaban J connectivity index is 2.14. The van der Waals surface area contributed by atoms with Gasteiger partial charge in [-0.3, -0.25) is 9.69 Å². The van der Waals surface area contributed by atoms with Crippen LogP contribution in [0, 0.1) is 0 Å². The zero-order valence-electron chi connectivity index (χ0n) is 12.2. The van der Waals surface area contributed by atoms with Crippen molar-refractivity contribution in [2.24, 2.45) is 0 Å². The molecule has 2 rings (SSSR count). The Hall–Kier alpha value is -1.84. The first-order chi connectivity index (χ1) is 10.1. The van der Waals surface area contributed by atoms with Crippen molar-refractivity contribution in [1.29, 1.82) is 0 Å². The largest absolute Gasteiger partial charge is 0.496 e. The molecule has 0 aliphatic rings. The van der Waals surface area contributed by atoms with Gasteiger partial charge in [-0.1, -0.05) is 29.8 Å². The summed E-state index contributed by atoms with van der Waals surface area (Å²) in [4.78, 5) is 13.0. The van der Waals surface area contributed by atoms with Gasteiger partial charge < -0.3 is 4.74 Å². The number of hydrogen-bond donors (Lipinski definition) is 0. The summed E-state index contributed by atoms with van der Waals surface area (Å²) >= 11 is 6.18.